The van der Waals surface area contributed by atoms with Crippen LogP contribution in [0.5, 0.6) is 5.88 Å². The van der Waals surface area contributed by atoms with Crippen LogP contribution >= 0.6 is 0 Å². The molecule has 2 aromatic heterocycles. The quantitative estimate of drug-likeness (QED) is 0.863. The normalized spacial score (nSPS) is 10.2. The third kappa shape index (κ3) is 3.91. The molecule has 19 heavy (non-hydrogen) atoms. The lowest BCUT2D eigenvalue weighted by Crippen LogP contribution is -2.06. The van der Waals surface area contributed by atoms with Crippen molar-refractivity contribution < 1.29 is 4.74 Å². The summed E-state index contributed by atoms with van der Waals surface area (Å²) >= 11 is 0. The van der Waals surface area contributed by atoms with Crippen LogP contribution in [0.15, 0.2) is 30.7 Å². The summed E-state index contributed by atoms with van der Waals surface area (Å²) in [6.45, 7) is 5.43. The molecular weight excluding hydrogens is 240 g/mol. The van der Waals surface area contributed by atoms with Gasteiger partial charge in [-0.3, -0.25) is 4.98 Å². The number of aryl methyl sites for hydroxylation is 1. The summed E-state index contributed by atoms with van der Waals surface area (Å²) in [5, 5.41) is 3.18. The van der Waals surface area contributed by atoms with Crippen LogP contribution in [-0.4, -0.2) is 21.6 Å². The number of rotatable bonds is 6. The maximum Gasteiger partial charge on any atom is 0.226 e. The molecule has 0 amide bonds. The Balaban J connectivity index is 1.98. The largest absolute Gasteiger partial charge is 0.478 e. The van der Waals surface area contributed by atoms with Gasteiger partial charge in [0.05, 0.1) is 6.61 Å². The second kappa shape index (κ2) is 6.68. The maximum atomic E-state index is 5.47. The van der Waals surface area contributed by atoms with E-state index in [9.17, 15) is 0 Å². The highest BCUT2D eigenvalue weighted by Gasteiger charge is 2.01. The number of hydrogen-bond donors (Lipinski definition) is 1. The van der Waals surface area contributed by atoms with E-state index in [4.69, 9.17) is 4.74 Å². The summed E-state index contributed by atoms with van der Waals surface area (Å²) in [6.07, 6.45) is 6.28. The molecule has 100 valence electrons. The third-order valence-corrected chi connectivity index (χ3v) is 2.67. The van der Waals surface area contributed by atoms with Crippen molar-refractivity contribution in [2.24, 2.45) is 0 Å². The van der Waals surface area contributed by atoms with Crippen molar-refractivity contribution in [2.45, 2.75) is 26.8 Å². The van der Waals surface area contributed by atoms with Gasteiger partial charge in [-0.2, -0.15) is 4.98 Å². The zero-order chi connectivity index (χ0) is 13.5. The van der Waals surface area contributed by atoms with Crippen LogP contribution in [0.4, 0.5) is 5.95 Å². The summed E-state index contributed by atoms with van der Waals surface area (Å²) in [5.74, 6) is 1.17. The molecule has 0 unspecified atom stereocenters. The lowest BCUT2D eigenvalue weighted by Gasteiger charge is -2.08. The van der Waals surface area contributed by atoms with E-state index in [1.807, 2.05) is 12.3 Å². The first kappa shape index (κ1) is 13.3. The van der Waals surface area contributed by atoms with Crippen molar-refractivity contribution in [1.29, 1.82) is 0 Å². The topological polar surface area (TPSA) is 59.9 Å². The van der Waals surface area contributed by atoms with Gasteiger partial charge in [-0.25, -0.2) is 4.98 Å². The number of anilines is 1. The van der Waals surface area contributed by atoms with Gasteiger partial charge in [0.2, 0.25) is 11.8 Å². The van der Waals surface area contributed by atoms with Gasteiger partial charge in [0.15, 0.2) is 0 Å². The number of hydrogen-bond acceptors (Lipinski definition) is 5. The molecule has 2 heterocycles. The Bertz CT molecular complexity index is 530. The van der Waals surface area contributed by atoms with E-state index >= 15 is 0 Å². The van der Waals surface area contributed by atoms with Crippen LogP contribution in [0.2, 0.25) is 0 Å². The molecule has 5 heteroatoms. The lowest BCUT2D eigenvalue weighted by molar-refractivity contribution is 0.305. The molecule has 0 radical (unpaired) electrons. The van der Waals surface area contributed by atoms with E-state index in [1.54, 1.807) is 18.5 Å². The Kier molecular flexibility index (Phi) is 4.66. The van der Waals surface area contributed by atoms with Crippen LogP contribution in [0.1, 0.15) is 24.5 Å². The zero-order valence-corrected chi connectivity index (χ0v) is 11.3. The molecule has 0 saturated heterocycles. The Hall–Kier alpha value is -2.17. The predicted molar refractivity (Wildman–Crippen MR) is 74.1 cm³/mol. The average Bonchev–Trinajstić information content (AvgIpc) is 2.45. The summed E-state index contributed by atoms with van der Waals surface area (Å²) in [4.78, 5) is 12.6. The van der Waals surface area contributed by atoms with Crippen molar-refractivity contribution in [3.8, 4) is 5.88 Å². The van der Waals surface area contributed by atoms with Gasteiger partial charge >= 0.3 is 0 Å². The summed E-state index contributed by atoms with van der Waals surface area (Å²) in [7, 11) is 0. The predicted octanol–water partition coefficient (Wildman–Crippen LogP) is 2.58. The molecule has 0 saturated carbocycles. The summed E-state index contributed by atoms with van der Waals surface area (Å²) < 4.78 is 5.47. The molecule has 0 fully saturated rings. The third-order valence-electron chi connectivity index (χ3n) is 2.67. The first-order valence-electron chi connectivity index (χ1n) is 6.39. The van der Waals surface area contributed by atoms with Crippen LogP contribution in [0.25, 0.3) is 0 Å². The first-order valence-corrected chi connectivity index (χ1v) is 6.39. The minimum absolute atomic E-state index is 0.567. The fourth-order valence-corrected chi connectivity index (χ4v) is 1.57. The molecule has 0 spiro atoms. The van der Waals surface area contributed by atoms with E-state index in [1.165, 1.54) is 5.56 Å². The molecule has 5 nitrogen and oxygen atoms in total. The minimum atomic E-state index is 0.567. The first-order chi connectivity index (χ1) is 9.29. The van der Waals surface area contributed by atoms with Gasteiger partial charge in [0, 0.05) is 31.2 Å². The van der Waals surface area contributed by atoms with Gasteiger partial charge in [-0.05, 0) is 30.5 Å². The Labute approximate surface area is 113 Å². The number of pyridine rings is 1. The zero-order valence-electron chi connectivity index (χ0n) is 11.3. The van der Waals surface area contributed by atoms with Crippen LogP contribution < -0.4 is 10.1 Å². The molecule has 0 aliphatic rings. The van der Waals surface area contributed by atoms with Crippen LogP contribution in [0.3, 0.4) is 0 Å². The monoisotopic (exact) mass is 258 g/mol. The maximum absolute atomic E-state index is 5.47. The molecule has 2 aromatic rings. The highest BCUT2D eigenvalue weighted by molar-refractivity contribution is 5.31. The number of nitrogens with one attached hydrogen (secondary N) is 1. The van der Waals surface area contributed by atoms with Crippen molar-refractivity contribution in [3.05, 3.63) is 41.9 Å². The van der Waals surface area contributed by atoms with Gasteiger partial charge in [-0.1, -0.05) is 6.92 Å². The van der Waals surface area contributed by atoms with E-state index in [0.29, 0.717) is 25.0 Å². The summed E-state index contributed by atoms with van der Waals surface area (Å²) in [6, 6.07) is 3.74. The second-order valence-corrected chi connectivity index (χ2v) is 4.22. The fraction of sp³-hybridized carbons (Fsp3) is 0.357. The molecule has 1 N–H and O–H groups in total. The molecule has 0 bridgehead atoms. The second-order valence-electron chi connectivity index (χ2n) is 4.22. The molecule has 0 aromatic carbocycles. The van der Waals surface area contributed by atoms with Gasteiger partial charge in [-0.15, -0.1) is 0 Å². The lowest BCUT2D eigenvalue weighted by atomic mass is 10.2. The SMILES string of the molecule is CCCOc1ccnc(NCc2cnccc2C)n1. The van der Waals surface area contributed by atoms with Crippen molar-refractivity contribution in [3.63, 3.8) is 0 Å². The number of ether oxygens (including phenoxy) is 1. The summed E-state index contributed by atoms with van der Waals surface area (Å²) in [5.41, 5.74) is 2.33. The van der Waals surface area contributed by atoms with E-state index < -0.39 is 0 Å². The molecule has 0 atom stereocenters. The van der Waals surface area contributed by atoms with Crippen molar-refractivity contribution in [1.82, 2.24) is 15.0 Å². The highest BCUT2D eigenvalue weighted by Crippen LogP contribution is 2.11. The number of nitrogens with zero attached hydrogens (tertiary/aromatic N) is 3. The van der Waals surface area contributed by atoms with Crippen LogP contribution in [0, 0.1) is 6.92 Å². The Morgan fingerprint density at radius 1 is 1.26 bits per heavy atom. The van der Waals surface area contributed by atoms with Crippen molar-refractivity contribution >= 4 is 5.95 Å². The Morgan fingerprint density at radius 2 is 2.16 bits per heavy atom. The minimum Gasteiger partial charge on any atom is -0.478 e. The standard InChI is InChI=1S/C14H18N4O/c1-3-8-19-13-5-7-16-14(18-13)17-10-12-9-15-6-4-11(12)2/h4-7,9H,3,8,10H2,1-2H3,(H,16,17,18). The van der Waals surface area contributed by atoms with E-state index in [2.05, 4.69) is 34.1 Å². The van der Waals surface area contributed by atoms with Gasteiger partial charge in [0.1, 0.15) is 0 Å². The smallest absolute Gasteiger partial charge is 0.226 e. The molecule has 0 aliphatic carbocycles. The van der Waals surface area contributed by atoms with Gasteiger partial charge in [0.25, 0.3) is 0 Å². The average molecular weight is 258 g/mol. The van der Waals surface area contributed by atoms with E-state index in [0.717, 1.165) is 12.0 Å². The van der Waals surface area contributed by atoms with Crippen molar-refractivity contribution in [2.75, 3.05) is 11.9 Å². The molecule has 2 rings (SSSR count). The van der Waals surface area contributed by atoms with Crippen LogP contribution in [-0.2, 0) is 6.54 Å². The molecular formula is C14H18N4O. The van der Waals surface area contributed by atoms with Gasteiger partial charge < -0.3 is 10.1 Å². The van der Waals surface area contributed by atoms with E-state index in [-0.39, 0.29) is 0 Å². The fourth-order valence-electron chi connectivity index (χ4n) is 1.57. The number of aromatic nitrogens is 3. The highest BCUT2D eigenvalue weighted by atomic mass is 16.5. The molecule has 0 aliphatic heterocycles. The Morgan fingerprint density at radius 3 is 2.95 bits per heavy atom.